The predicted octanol–water partition coefficient (Wildman–Crippen LogP) is 7.36. The number of carbonyl (C=O) groups excluding carboxylic acids is 2. The summed E-state index contributed by atoms with van der Waals surface area (Å²) in [7, 11) is 0. The van der Waals surface area contributed by atoms with Crippen LogP contribution in [0.3, 0.4) is 0 Å². The van der Waals surface area contributed by atoms with Crippen LogP contribution < -0.4 is 20.3 Å². The van der Waals surface area contributed by atoms with Gasteiger partial charge in [-0.25, -0.2) is 14.5 Å². The lowest BCUT2D eigenvalue weighted by atomic mass is 10.00. The number of aliphatic imine (C=N–C) groups is 1. The maximum atomic E-state index is 13.0. The monoisotopic (exact) mass is 637 g/mol. The van der Waals surface area contributed by atoms with Gasteiger partial charge in [0.2, 0.25) is 5.91 Å². The van der Waals surface area contributed by atoms with Gasteiger partial charge >= 0.3 is 12.4 Å². The van der Waals surface area contributed by atoms with Gasteiger partial charge in [-0.15, -0.1) is 18.3 Å². The van der Waals surface area contributed by atoms with E-state index >= 15 is 0 Å². The number of amides is 3. The van der Waals surface area contributed by atoms with Gasteiger partial charge in [0.1, 0.15) is 12.1 Å². The number of aromatic nitrogens is 3. The van der Waals surface area contributed by atoms with Crippen LogP contribution in [-0.4, -0.2) is 50.5 Å². The molecule has 3 amide bonds. The molecule has 1 fully saturated rings. The highest BCUT2D eigenvalue weighted by atomic mass is 32.2. The molecule has 2 heterocycles. The molecule has 45 heavy (non-hydrogen) atoms. The summed E-state index contributed by atoms with van der Waals surface area (Å²) in [5.41, 5.74) is 4.93. The number of urea groups is 1. The molecule has 10 nitrogen and oxygen atoms in total. The zero-order valence-electron chi connectivity index (χ0n) is 24.8. The first-order valence-corrected chi connectivity index (χ1v) is 15.0. The van der Waals surface area contributed by atoms with Gasteiger partial charge in [0, 0.05) is 23.5 Å². The van der Waals surface area contributed by atoms with Crippen LogP contribution in [0.1, 0.15) is 37.8 Å². The van der Waals surface area contributed by atoms with Crippen LogP contribution in [-0.2, 0) is 4.79 Å². The van der Waals surface area contributed by atoms with Crippen LogP contribution >= 0.6 is 11.8 Å². The molecule has 1 aliphatic heterocycles. The maximum absolute atomic E-state index is 13.0. The number of nitrogens with one attached hydrogen (secondary N) is 2. The molecule has 1 aromatic heterocycles. The lowest BCUT2D eigenvalue weighted by molar-refractivity contribution is -0.274. The molecule has 4 aromatic rings. The second-order valence-corrected chi connectivity index (χ2v) is 11.3. The first-order chi connectivity index (χ1) is 21.4. The number of nitrogens with zero attached hydrogens (tertiary/aromatic N) is 5. The van der Waals surface area contributed by atoms with Crippen LogP contribution in [0.15, 0.2) is 72.0 Å². The molecule has 0 spiro atoms. The van der Waals surface area contributed by atoms with Gasteiger partial charge in [0.15, 0.2) is 11.0 Å². The summed E-state index contributed by atoms with van der Waals surface area (Å²) in [5, 5.41) is 10.8. The normalized spacial score (nSPS) is 14.4. The molecule has 3 aromatic carbocycles. The molecule has 0 aliphatic carbocycles. The molecule has 1 saturated heterocycles. The molecule has 5 rings (SSSR count). The van der Waals surface area contributed by atoms with Crippen molar-refractivity contribution >= 4 is 45.9 Å². The topological polar surface area (TPSA) is 114 Å². The Morgan fingerprint density at radius 1 is 1.11 bits per heavy atom. The van der Waals surface area contributed by atoms with Gasteiger partial charge < -0.3 is 15.4 Å². The van der Waals surface area contributed by atoms with E-state index in [-0.39, 0.29) is 23.3 Å². The van der Waals surface area contributed by atoms with Crippen LogP contribution in [0.4, 0.5) is 35.0 Å². The summed E-state index contributed by atoms with van der Waals surface area (Å²) in [6.45, 7) is 8.61. The van der Waals surface area contributed by atoms with Crippen molar-refractivity contribution in [2.24, 2.45) is 4.99 Å². The SMILES string of the molecule is CCNc1ccc(C(C)C)c(N2C(=O)CSC2=NC(=O)Nc2ccc(-c3ncn(-c4ccc(OC(F)(F)F)cc4)n3)cc2C)c1. The lowest BCUT2D eigenvalue weighted by Crippen LogP contribution is -2.31. The number of anilines is 3. The number of hydrogen-bond donors (Lipinski definition) is 2. The van der Waals surface area contributed by atoms with Crippen molar-refractivity contribution in [2.45, 2.75) is 40.0 Å². The van der Waals surface area contributed by atoms with E-state index < -0.39 is 12.4 Å². The first-order valence-electron chi connectivity index (χ1n) is 14.0. The van der Waals surface area contributed by atoms with Crippen molar-refractivity contribution in [1.82, 2.24) is 14.8 Å². The number of amidine groups is 1. The van der Waals surface area contributed by atoms with Crippen LogP contribution in [0.5, 0.6) is 5.75 Å². The van der Waals surface area contributed by atoms with E-state index in [1.165, 1.54) is 51.9 Å². The molecule has 234 valence electrons. The zero-order chi connectivity index (χ0) is 32.3. The third kappa shape index (κ3) is 7.45. The number of hydrogen-bond acceptors (Lipinski definition) is 7. The molecule has 0 bridgehead atoms. The third-order valence-corrected chi connectivity index (χ3v) is 7.71. The first kappa shape index (κ1) is 31.6. The van der Waals surface area contributed by atoms with Gasteiger partial charge in [-0.1, -0.05) is 31.7 Å². The highest BCUT2D eigenvalue weighted by Gasteiger charge is 2.33. The van der Waals surface area contributed by atoms with Crippen molar-refractivity contribution in [1.29, 1.82) is 0 Å². The molecule has 0 atom stereocenters. The minimum absolute atomic E-state index is 0.143. The zero-order valence-corrected chi connectivity index (χ0v) is 25.7. The van der Waals surface area contributed by atoms with E-state index in [2.05, 4.69) is 30.4 Å². The molecular formula is C31H30F3N7O3S. The molecule has 1 aliphatic rings. The summed E-state index contributed by atoms with van der Waals surface area (Å²) in [6, 6.07) is 15.7. The number of alkyl halides is 3. The summed E-state index contributed by atoms with van der Waals surface area (Å²) in [4.78, 5) is 36.1. The summed E-state index contributed by atoms with van der Waals surface area (Å²) in [5.74, 6) is 0.206. The quantitative estimate of drug-likeness (QED) is 0.207. The van der Waals surface area contributed by atoms with E-state index in [0.717, 1.165) is 23.4 Å². The van der Waals surface area contributed by atoms with Gasteiger partial charge in [0.05, 0.1) is 17.1 Å². The number of rotatable bonds is 8. The summed E-state index contributed by atoms with van der Waals surface area (Å²) < 4.78 is 42.7. The molecule has 0 unspecified atom stereocenters. The van der Waals surface area contributed by atoms with E-state index in [1.807, 2.05) is 45.9 Å². The Morgan fingerprint density at radius 2 is 1.87 bits per heavy atom. The Morgan fingerprint density at radius 3 is 2.53 bits per heavy atom. The van der Waals surface area contributed by atoms with Crippen molar-refractivity contribution in [3.05, 3.63) is 78.1 Å². The molecule has 0 radical (unpaired) electrons. The summed E-state index contributed by atoms with van der Waals surface area (Å²) >= 11 is 1.21. The average molecular weight is 638 g/mol. The van der Waals surface area contributed by atoms with E-state index in [1.54, 1.807) is 18.2 Å². The maximum Gasteiger partial charge on any atom is 0.573 e. The predicted molar refractivity (Wildman–Crippen MR) is 169 cm³/mol. The molecule has 14 heteroatoms. The number of aryl methyl sites for hydroxylation is 1. The van der Waals surface area contributed by atoms with Crippen molar-refractivity contribution in [2.75, 3.05) is 27.8 Å². The fourth-order valence-corrected chi connectivity index (χ4v) is 5.57. The Labute approximate surface area is 261 Å². The van der Waals surface area contributed by atoms with E-state index in [0.29, 0.717) is 33.6 Å². The fraction of sp³-hybridized carbons (Fsp3) is 0.258. The summed E-state index contributed by atoms with van der Waals surface area (Å²) in [6.07, 6.45) is -3.33. The molecule has 2 N–H and O–H groups in total. The highest BCUT2D eigenvalue weighted by molar-refractivity contribution is 8.15. The average Bonchev–Trinajstić information content (AvgIpc) is 3.61. The Kier molecular flexibility index (Phi) is 9.14. The van der Waals surface area contributed by atoms with Crippen molar-refractivity contribution in [3.8, 4) is 22.8 Å². The van der Waals surface area contributed by atoms with E-state index in [4.69, 9.17) is 0 Å². The van der Waals surface area contributed by atoms with Crippen molar-refractivity contribution < 1.29 is 27.5 Å². The standard InChI is InChI=1S/C31H30F3N7O3S/c1-5-35-21-7-12-24(18(2)3)26(15-21)41-27(42)16-45-30(41)38-29(43)37-25-13-6-20(14-19(25)4)28-36-17-40(39-28)22-8-10-23(11-9-22)44-31(32,33)34/h6-15,17-18,35H,5,16H2,1-4H3,(H,37,43). The molecular weight excluding hydrogens is 607 g/mol. The highest BCUT2D eigenvalue weighted by Crippen LogP contribution is 2.35. The van der Waals surface area contributed by atoms with E-state index in [9.17, 15) is 22.8 Å². The van der Waals surface area contributed by atoms with Gasteiger partial charge in [-0.3, -0.25) is 9.69 Å². The van der Waals surface area contributed by atoms with Crippen LogP contribution in [0, 0.1) is 6.92 Å². The third-order valence-electron chi connectivity index (χ3n) is 6.79. The Balaban J connectivity index is 1.31. The smallest absolute Gasteiger partial charge is 0.406 e. The number of thioether (sulfide) groups is 1. The Hall–Kier alpha value is -4.85. The minimum Gasteiger partial charge on any atom is -0.406 e. The number of carbonyl (C=O) groups is 2. The van der Waals surface area contributed by atoms with Gasteiger partial charge in [-0.2, -0.15) is 4.99 Å². The second-order valence-electron chi connectivity index (χ2n) is 10.4. The van der Waals surface area contributed by atoms with Crippen LogP contribution in [0.25, 0.3) is 17.1 Å². The minimum atomic E-state index is -4.77. The van der Waals surface area contributed by atoms with Crippen molar-refractivity contribution in [3.63, 3.8) is 0 Å². The largest absolute Gasteiger partial charge is 0.573 e. The number of benzene rings is 3. The number of halogens is 3. The lowest BCUT2D eigenvalue weighted by Gasteiger charge is -2.23. The molecule has 0 saturated carbocycles. The Bertz CT molecular complexity index is 1750. The van der Waals surface area contributed by atoms with Crippen LogP contribution in [0.2, 0.25) is 0 Å². The number of ether oxygens (including phenoxy) is 1. The second kappa shape index (κ2) is 13.0. The van der Waals surface area contributed by atoms with Gasteiger partial charge in [0.25, 0.3) is 0 Å². The van der Waals surface area contributed by atoms with Gasteiger partial charge in [-0.05, 0) is 85.5 Å². The fourth-order valence-electron chi connectivity index (χ4n) is 4.71.